The molecule has 0 aliphatic carbocycles. The van der Waals surface area contributed by atoms with Crippen LogP contribution in [0.3, 0.4) is 0 Å². The van der Waals surface area contributed by atoms with Gasteiger partial charge in [-0.05, 0) is 34.7 Å². The molecule has 0 aromatic carbocycles. The van der Waals surface area contributed by atoms with Gasteiger partial charge < -0.3 is 49.8 Å². The maximum atomic E-state index is 10.0. The highest BCUT2D eigenvalue weighted by atomic mass is 127. The number of alkyl halides is 1. The molecule has 4 atom stereocenters. The fraction of sp³-hybridized carbons (Fsp3) is 0.571. The van der Waals surface area contributed by atoms with Crippen LogP contribution < -0.4 is 15.4 Å². The van der Waals surface area contributed by atoms with E-state index in [0.717, 1.165) is 5.70 Å². The Morgan fingerprint density at radius 3 is 3.06 bits per heavy atom. The second-order valence-electron chi connectivity index (χ2n) is 7.91. The quantitative estimate of drug-likeness (QED) is 0.0960. The van der Waals surface area contributed by atoms with Crippen molar-refractivity contribution in [3.8, 4) is 6.01 Å². The maximum absolute atomic E-state index is 10.0. The number of halogens is 2. The molecule has 4 rings (SSSR count). The van der Waals surface area contributed by atoms with E-state index >= 15 is 0 Å². The summed E-state index contributed by atoms with van der Waals surface area (Å²) >= 11 is 8.56. The van der Waals surface area contributed by atoms with Crippen molar-refractivity contribution >= 4 is 57.4 Å². The van der Waals surface area contributed by atoms with Crippen molar-refractivity contribution in [3.63, 3.8) is 0 Å². The van der Waals surface area contributed by atoms with Gasteiger partial charge in [-0.2, -0.15) is 4.98 Å². The first-order valence-corrected chi connectivity index (χ1v) is 12.5. The minimum absolute atomic E-state index is 0.198. The van der Waals surface area contributed by atoms with Gasteiger partial charge in [-0.25, -0.2) is 4.98 Å². The molecule has 2 aromatic heterocycles. The molecule has 2 aliphatic heterocycles. The summed E-state index contributed by atoms with van der Waals surface area (Å²) in [6.45, 7) is 3.00. The van der Waals surface area contributed by atoms with Crippen LogP contribution in [0.2, 0.25) is 5.02 Å². The maximum Gasteiger partial charge on any atom is 0.296 e. The number of H-pyrrole nitrogens is 1. The van der Waals surface area contributed by atoms with Crippen LogP contribution in [0.15, 0.2) is 17.8 Å². The van der Waals surface area contributed by atoms with Gasteiger partial charge in [0, 0.05) is 25.6 Å². The third-order valence-electron chi connectivity index (χ3n) is 5.50. The number of aromatic nitrogens is 3. The van der Waals surface area contributed by atoms with Crippen LogP contribution in [0.25, 0.3) is 11.2 Å². The zero-order valence-corrected chi connectivity index (χ0v) is 22.0. The van der Waals surface area contributed by atoms with Gasteiger partial charge in [0.05, 0.1) is 50.1 Å². The Morgan fingerprint density at radius 2 is 2.26 bits per heavy atom. The molecular formula is C21H28ClIN6O6. The summed E-state index contributed by atoms with van der Waals surface area (Å²) in [4.78, 5) is 12.0. The second-order valence-corrected chi connectivity index (χ2v) is 10.0. The number of nitrogens with one attached hydrogen (secondary N) is 4. The number of fused-ring (bicyclic) bond motifs is 2. The van der Waals surface area contributed by atoms with Crippen molar-refractivity contribution in [1.29, 1.82) is 5.41 Å². The number of allylic oxidation sites excluding steroid dienone is 1. The van der Waals surface area contributed by atoms with Gasteiger partial charge in [0.15, 0.2) is 15.4 Å². The number of aliphatic hydroxyl groups excluding tert-OH is 1. The lowest BCUT2D eigenvalue weighted by atomic mass is 10.1. The molecule has 4 heterocycles. The summed E-state index contributed by atoms with van der Waals surface area (Å²) < 4.78 is 27.0. The lowest BCUT2D eigenvalue weighted by molar-refractivity contribution is 0.00481. The summed E-state index contributed by atoms with van der Waals surface area (Å²) in [7, 11) is 1.63. The molecule has 2 saturated heterocycles. The zero-order valence-electron chi connectivity index (χ0n) is 19.1. The predicted octanol–water partition coefficient (Wildman–Crippen LogP) is 1.48. The number of hydrogen-bond donors (Lipinski definition) is 5. The van der Waals surface area contributed by atoms with E-state index in [4.69, 9.17) is 40.7 Å². The van der Waals surface area contributed by atoms with E-state index in [0.29, 0.717) is 54.9 Å². The number of hydrogen-bond acceptors (Lipinski definition) is 11. The van der Waals surface area contributed by atoms with Crippen LogP contribution in [0.5, 0.6) is 6.01 Å². The van der Waals surface area contributed by atoms with Crippen LogP contribution in [-0.4, -0.2) is 101 Å². The molecule has 0 unspecified atom stereocenters. The van der Waals surface area contributed by atoms with E-state index in [1.807, 2.05) is 0 Å². The Balaban J connectivity index is 1.36. The normalized spacial score (nSPS) is 26.2. The van der Waals surface area contributed by atoms with Crippen molar-refractivity contribution < 1.29 is 28.8 Å². The number of anilines is 1. The summed E-state index contributed by atoms with van der Waals surface area (Å²) in [5, 5.41) is 24.2. The van der Waals surface area contributed by atoms with E-state index in [1.165, 1.54) is 6.21 Å². The number of nitrogens with zero attached hydrogens (tertiary/aromatic N) is 2. The summed E-state index contributed by atoms with van der Waals surface area (Å²) in [5.41, 5.74) is 1.82. The Morgan fingerprint density at radius 1 is 1.40 bits per heavy atom. The molecule has 12 nitrogen and oxygen atoms in total. The van der Waals surface area contributed by atoms with E-state index in [9.17, 15) is 5.11 Å². The van der Waals surface area contributed by atoms with Gasteiger partial charge in [-0.1, -0.05) is 11.6 Å². The van der Waals surface area contributed by atoms with Gasteiger partial charge >= 0.3 is 0 Å². The predicted molar refractivity (Wildman–Crippen MR) is 138 cm³/mol. The SMILES string of the molecule is COCCOCCN/C(=C\C=N)CNc1nc2nc(O[C@@H]3CO[C@@H]4[C@H](O)CO[C@@]43I)[nH]c2cc1Cl. The number of ether oxygens (including phenoxy) is 5. The van der Waals surface area contributed by atoms with Crippen molar-refractivity contribution in [2.75, 3.05) is 58.6 Å². The number of aliphatic hydroxyl groups is 1. The second kappa shape index (κ2) is 12.0. The first kappa shape index (κ1) is 26.3. The van der Waals surface area contributed by atoms with E-state index in [1.54, 1.807) is 19.3 Å². The van der Waals surface area contributed by atoms with E-state index in [-0.39, 0.29) is 19.2 Å². The first-order chi connectivity index (χ1) is 16.9. The van der Waals surface area contributed by atoms with Gasteiger partial charge in [0.2, 0.25) is 0 Å². The molecule has 2 aromatic rings. The number of imidazole rings is 1. The molecule has 5 N–H and O–H groups in total. The van der Waals surface area contributed by atoms with Crippen molar-refractivity contribution in [2.24, 2.45) is 0 Å². The van der Waals surface area contributed by atoms with Crippen LogP contribution in [0.1, 0.15) is 0 Å². The lowest BCUT2D eigenvalue weighted by Gasteiger charge is -2.25. The Kier molecular flexibility index (Phi) is 9.02. The molecule has 0 spiro atoms. The van der Waals surface area contributed by atoms with E-state index < -0.39 is 21.9 Å². The topological polar surface area (TPSA) is 156 Å². The molecule has 14 heteroatoms. The van der Waals surface area contributed by atoms with Gasteiger partial charge in [0.25, 0.3) is 6.01 Å². The molecule has 2 aliphatic rings. The van der Waals surface area contributed by atoms with Gasteiger partial charge in [0.1, 0.15) is 18.0 Å². The van der Waals surface area contributed by atoms with Crippen LogP contribution in [-0.2, 0) is 18.9 Å². The van der Waals surface area contributed by atoms with Gasteiger partial charge in [-0.15, -0.1) is 0 Å². The number of rotatable bonds is 13. The molecule has 0 radical (unpaired) electrons. The molecule has 0 saturated carbocycles. The third-order valence-corrected chi connectivity index (χ3v) is 7.41. The highest BCUT2D eigenvalue weighted by Crippen LogP contribution is 2.44. The largest absolute Gasteiger partial charge is 0.455 e. The standard InChI is InChI=1S/C21H28ClIN6O6/c1-31-6-7-32-5-4-25-12(2-3-24)9-26-18-13(22)8-14-19(28-18)29-20(27-14)35-16-11-33-17-15(30)10-34-21(16,17)23/h2-3,8,15-17,24-25,30H,4-7,9-11H2,1H3,(H2,26,27,28,29)/b12-2-,24-3?/t15-,16-,17-,21-/m1/s1. The van der Waals surface area contributed by atoms with Crippen molar-refractivity contribution in [2.45, 2.75) is 21.9 Å². The monoisotopic (exact) mass is 622 g/mol. The third kappa shape index (κ3) is 6.15. The average molecular weight is 623 g/mol. The molecular weight excluding hydrogens is 595 g/mol. The average Bonchev–Trinajstić information content (AvgIpc) is 3.47. The highest BCUT2D eigenvalue weighted by molar-refractivity contribution is 14.1. The lowest BCUT2D eigenvalue weighted by Crippen LogP contribution is -2.44. The molecule has 0 bridgehead atoms. The van der Waals surface area contributed by atoms with Gasteiger partial charge in [-0.3, -0.25) is 0 Å². The summed E-state index contributed by atoms with van der Waals surface area (Å²) in [5.74, 6) is 0.447. The summed E-state index contributed by atoms with van der Waals surface area (Å²) in [6, 6.07) is 1.97. The zero-order chi connectivity index (χ0) is 24.8. The number of aromatic amines is 1. The van der Waals surface area contributed by atoms with Crippen molar-refractivity contribution in [3.05, 3.63) is 22.9 Å². The Labute approximate surface area is 220 Å². The highest BCUT2D eigenvalue weighted by Gasteiger charge is 2.60. The Hall–Kier alpha value is -1.75. The molecule has 2 fully saturated rings. The van der Waals surface area contributed by atoms with Crippen LogP contribution >= 0.6 is 34.2 Å². The smallest absolute Gasteiger partial charge is 0.296 e. The first-order valence-electron chi connectivity index (χ1n) is 11.0. The number of pyridine rings is 1. The van der Waals surface area contributed by atoms with E-state index in [2.05, 4.69) is 48.2 Å². The molecule has 192 valence electrons. The fourth-order valence-electron chi connectivity index (χ4n) is 3.76. The molecule has 0 amide bonds. The summed E-state index contributed by atoms with van der Waals surface area (Å²) in [6.07, 6.45) is 1.27. The fourth-order valence-corrected chi connectivity index (χ4v) is 5.06. The minimum atomic E-state index is -0.784. The van der Waals surface area contributed by atoms with Crippen LogP contribution in [0, 0.1) is 5.41 Å². The number of methoxy groups -OCH3 is 1. The van der Waals surface area contributed by atoms with Crippen molar-refractivity contribution in [1.82, 2.24) is 20.3 Å². The van der Waals surface area contributed by atoms with Crippen LogP contribution in [0.4, 0.5) is 5.82 Å². The Bertz CT molecular complexity index is 1060. The minimum Gasteiger partial charge on any atom is -0.455 e. The molecule has 35 heavy (non-hydrogen) atoms.